The molecule has 0 N–H and O–H groups in total. The lowest BCUT2D eigenvalue weighted by Gasteiger charge is -2.41. The molecule has 26 heavy (non-hydrogen) atoms. The fourth-order valence-corrected chi connectivity index (χ4v) is 4.54. The van der Waals surface area contributed by atoms with E-state index in [1.807, 2.05) is 6.07 Å². The van der Waals surface area contributed by atoms with E-state index in [-0.39, 0.29) is 0 Å². The van der Waals surface area contributed by atoms with Gasteiger partial charge in [0.05, 0.1) is 12.8 Å². The molecule has 3 heterocycles. The minimum Gasteiger partial charge on any atom is -0.468 e. The predicted octanol–water partition coefficient (Wildman–Crippen LogP) is 3.23. The van der Waals surface area contributed by atoms with Crippen LogP contribution in [0, 0.1) is 0 Å². The molecule has 0 radical (unpaired) electrons. The van der Waals surface area contributed by atoms with E-state index in [9.17, 15) is 0 Å². The van der Waals surface area contributed by atoms with Gasteiger partial charge in [0.2, 0.25) is 0 Å². The smallest absolute Gasteiger partial charge is 0.117 e. The first kappa shape index (κ1) is 17.8. The number of piperidine rings is 1. The van der Waals surface area contributed by atoms with Gasteiger partial charge in [-0.2, -0.15) is 0 Å². The summed E-state index contributed by atoms with van der Waals surface area (Å²) < 4.78 is 5.49. The molecule has 0 amide bonds. The standard InChI is InChI=1S/C22H31N3O/c1-23-15-19-7-4-3-6-18(19)14-21(23)16-24(2)20-9-11-25(12-10-20)17-22-8-5-13-26-22/h3-8,13,20-21H,9-12,14-17H2,1-2H3. The number of hydrogen-bond donors (Lipinski definition) is 0. The van der Waals surface area contributed by atoms with Crippen molar-refractivity contribution in [2.75, 3.05) is 33.7 Å². The second-order valence-electron chi connectivity index (χ2n) is 8.07. The second-order valence-corrected chi connectivity index (χ2v) is 8.07. The normalized spacial score (nSPS) is 22.7. The summed E-state index contributed by atoms with van der Waals surface area (Å²) in [4.78, 5) is 7.66. The predicted molar refractivity (Wildman–Crippen MR) is 105 cm³/mol. The van der Waals surface area contributed by atoms with Crippen molar-refractivity contribution in [1.82, 2.24) is 14.7 Å². The summed E-state index contributed by atoms with van der Waals surface area (Å²) in [6.07, 6.45) is 5.46. The Kier molecular flexibility index (Phi) is 5.44. The molecule has 1 aromatic heterocycles. The average molecular weight is 354 g/mol. The number of furan rings is 1. The van der Waals surface area contributed by atoms with E-state index >= 15 is 0 Å². The van der Waals surface area contributed by atoms with Crippen LogP contribution in [-0.2, 0) is 19.5 Å². The monoisotopic (exact) mass is 353 g/mol. The molecule has 2 aliphatic rings. The van der Waals surface area contributed by atoms with Crippen molar-refractivity contribution in [2.45, 2.75) is 44.4 Å². The van der Waals surface area contributed by atoms with Crippen molar-refractivity contribution in [3.8, 4) is 0 Å². The zero-order valence-electron chi connectivity index (χ0n) is 16.1. The molecule has 4 heteroatoms. The average Bonchev–Trinajstić information content (AvgIpc) is 3.16. The van der Waals surface area contributed by atoms with Crippen LogP contribution in [0.2, 0.25) is 0 Å². The Morgan fingerprint density at radius 3 is 2.58 bits per heavy atom. The van der Waals surface area contributed by atoms with E-state index in [0.717, 1.165) is 25.4 Å². The maximum Gasteiger partial charge on any atom is 0.117 e. The number of nitrogens with zero attached hydrogens (tertiary/aromatic N) is 3. The van der Waals surface area contributed by atoms with Crippen LogP contribution < -0.4 is 0 Å². The van der Waals surface area contributed by atoms with Gasteiger partial charge in [-0.25, -0.2) is 0 Å². The van der Waals surface area contributed by atoms with Crippen molar-refractivity contribution < 1.29 is 4.42 Å². The van der Waals surface area contributed by atoms with Crippen molar-refractivity contribution in [3.05, 3.63) is 59.5 Å². The van der Waals surface area contributed by atoms with Gasteiger partial charge < -0.3 is 9.32 Å². The molecule has 0 aliphatic carbocycles. The van der Waals surface area contributed by atoms with E-state index in [0.29, 0.717) is 12.1 Å². The second kappa shape index (κ2) is 7.95. The lowest BCUT2D eigenvalue weighted by atomic mass is 9.93. The summed E-state index contributed by atoms with van der Waals surface area (Å²) in [5.41, 5.74) is 3.04. The largest absolute Gasteiger partial charge is 0.468 e. The molecule has 2 aliphatic heterocycles. The minimum atomic E-state index is 0.621. The third-order valence-corrected chi connectivity index (χ3v) is 6.26. The van der Waals surface area contributed by atoms with Gasteiger partial charge >= 0.3 is 0 Å². The molecule has 1 atom stereocenters. The van der Waals surface area contributed by atoms with Gasteiger partial charge in [-0.15, -0.1) is 0 Å². The van der Waals surface area contributed by atoms with Crippen molar-refractivity contribution in [1.29, 1.82) is 0 Å². The summed E-state index contributed by atoms with van der Waals surface area (Å²) in [5.74, 6) is 1.08. The Balaban J connectivity index is 1.28. The minimum absolute atomic E-state index is 0.621. The first-order chi connectivity index (χ1) is 12.7. The number of likely N-dealkylation sites (tertiary alicyclic amines) is 1. The summed E-state index contributed by atoms with van der Waals surface area (Å²) in [6, 6.07) is 14.3. The lowest BCUT2D eigenvalue weighted by molar-refractivity contribution is 0.0878. The summed E-state index contributed by atoms with van der Waals surface area (Å²) in [7, 11) is 4.60. The van der Waals surface area contributed by atoms with Crippen LogP contribution in [0.3, 0.4) is 0 Å². The van der Waals surface area contributed by atoms with Gasteiger partial charge in [0, 0.05) is 38.3 Å². The third kappa shape index (κ3) is 4.03. The maximum absolute atomic E-state index is 5.49. The molecule has 4 rings (SSSR count). The van der Waals surface area contributed by atoms with Crippen LogP contribution in [-0.4, -0.2) is 60.5 Å². The molecule has 1 unspecified atom stereocenters. The van der Waals surface area contributed by atoms with Crippen molar-refractivity contribution >= 4 is 0 Å². The molecule has 140 valence electrons. The number of likely N-dealkylation sites (N-methyl/N-ethyl adjacent to an activating group) is 2. The highest BCUT2D eigenvalue weighted by atomic mass is 16.3. The zero-order chi connectivity index (χ0) is 17.9. The van der Waals surface area contributed by atoms with Gasteiger partial charge in [-0.3, -0.25) is 9.80 Å². The Hall–Kier alpha value is -1.62. The number of fused-ring (bicyclic) bond motifs is 1. The number of rotatable bonds is 5. The molecule has 0 bridgehead atoms. The van der Waals surface area contributed by atoms with Crippen LogP contribution in [0.15, 0.2) is 47.1 Å². The SMILES string of the molecule is CN1Cc2ccccc2CC1CN(C)C1CCN(Cc2ccco2)CC1. The Morgan fingerprint density at radius 2 is 1.85 bits per heavy atom. The molecular formula is C22H31N3O. The van der Waals surface area contributed by atoms with E-state index in [2.05, 4.69) is 59.1 Å². The van der Waals surface area contributed by atoms with Crippen LogP contribution in [0.4, 0.5) is 0 Å². The van der Waals surface area contributed by atoms with Gasteiger partial charge in [-0.05, 0) is 56.6 Å². The van der Waals surface area contributed by atoms with Gasteiger partial charge in [0.25, 0.3) is 0 Å². The third-order valence-electron chi connectivity index (χ3n) is 6.26. The van der Waals surface area contributed by atoms with E-state index in [1.165, 1.54) is 43.5 Å². The van der Waals surface area contributed by atoms with Crippen LogP contribution in [0.5, 0.6) is 0 Å². The molecule has 1 fully saturated rings. The van der Waals surface area contributed by atoms with E-state index in [4.69, 9.17) is 4.42 Å². The van der Waals surface area contributed by atoms with Crippen LogP contribution >= 0.6 is 0 Å². The molecule has 0 spiro atoms. The first-order valence-corrected chi connectivity index (χ1v) is 9.91. The molecular weight excluding hydrogens is 322 g/mol. The Labute approximate surface area is 157 Å². The maximum atomic E-state index is 5.49. The first-order valence-electron chi connectivity index (χ1n) is 9.91. The molecule has 1 saturated heterocycles. The van der Waals surface area contributed by atoms with Crippen LogP contribution in [0.25, 0.3) is 0 Å². The van der Waals surface area contributed by atoms with Gasteiger partial charge in [0.15, 0.2) is 0 Å². The highest BCUT2D eigenvalue weighted by Crippen LogP contribution is 2.24. The molecule has 4 nitrogen and oxygen atoms in total. The zero-order valence-corrected chi connectivity index (χ0v) is 16.1. The van der Waals surface area contributed by atoms with Gasteiger partial charge in [-0.1, -0.05) is 24.3 Å². The lowest BCUT2D eigenvalue weighted by Crippen LogP contribution is -2.49. The molecule has 0 saturated carbocycles. The Morgan fingerprint density at radius 1 is 1.08 bits per heavy atom. The fraction of sp³-hybridized carbons (Fsp3) is 0.545. The van der Waals surface area contributed by atoms with Crippen molar-refractivity contribution in [3.63, 3.8) is 0 Å². The Bertz CT molecular complexity index is 691. The number of benzene rings is 1. The molecule has 2 aromatic rings. The topological polar surface area (TPSA) is 22.9 Å². The van der Waals surface area contributed by atoms with E-state index < -0.39 is 0 Å². The highest BCUT2D eigenvalue weighted by Gasteiger charge is 2.28. The summed E-state index contributed by atoms with van der Waals surface area (Å²) >= 11 is 0. The highest BCUT2D eigenvalue weighted by molar-refractivity contribution is 5.30. The fourth-order valence-electron chi connectivity index (χ4n) is 4.54. The summed E-state index contributed by atoms with van der Waals surface area (Å²) in [6.45, 7) is 5.52. The molecule has 1 aromatic carbocycles. The number of hydrogen-bond acceptors (Lipinski definition) is 4. The summed E-state index contributed by atoms with van der Waals surface area (Å²) in [5, 5.41) is 0. The van der Waals surface area contributed by atoms with E-state index in [1.54, 1.807) is 6.26 Å². The van der Waals surface area contributed by atoms with Crippen molar-refractivity contribution in [2.24, 2.45) is 0 Å². The quantitative estimate of drug-likeness (QED) is 0.823. The van der Waals surface area contributed by atoms with Gasteiger partial charge in [0.1, 0.15) is 5.76 Å². The van der Waals surface area contributed by atoms with Crippen LogP contribution in [0.1, 0.15) is 29.7 Å².